The molecule has 0 atom stereocenters. The second kappa shape index (κ2) is 22.0. The monoisotopic (exact) mass is 1150 g/mol. The van der Waals surface area contributed by atoms with Crippen molar-refractivity contribution in [2.75, 3.05) is 0 Å². The van der Waals surface area contributed by atoms with Crippen molar-refractivity contribution in [1.29, 1.82) is 0 Å². The lowest BCUT2D eigenvalue weighted by Crippen LogP contribution is -2.12. The van der Waals surface area contributed by atoms with Crippen LogP contribution in [0.1, 0.15) is 11.1 Å². The maximum absolute atomic E-state index is 15.3. The lowest BCUT2D eigenvalue weighted by molar-refractivity contribution is -0.142. The molecule has 14 rings (SSSR count). The summed E-state index contributed by atoms with van der Waals surface area (Å²) in [5.74, 6) is 3.26. The van der Waals surface area contributed by atoms with Gasteiger partial charge in [-0.1, -0.05) is 194 Å². The van der Waals surface area contributed by atoms with Gasteiger partial charge in [-0.15, -0.1) is 0 Å². The lowest BCUT2D eigenvalue weighted by Gasteiger charge is -2.19. The molecule has 0 aliphatic heterocycles. The Morgan fingerprint density at radius 2 is 0.540 bits per heavy atom. The minimum Gasteiger partial charge on any atom is -0.308 e. The predicted molar refractivity (Wildman–Crippen MR) is 325 cm³/mol. The number of fused-ring (bicyclic) bond motifs is 3. The standard InChI is InChI=1S/C71H42F6N10/c72-70(73,74)52-34-36-53(57(42-52)71(75,76)77)49-31-35-54(69-85-65(47-27-15-5-16-28-47)80-66(86-69)48-29-17-6-18-30-48)60(41-49)87-58-37-32-50(67-81-61(43-19-7-1-8-20-43)78-62(82-67)44-21-9-2-10-22-44)39-55(58)56-40-51(33-38-59(56)87)68-83-63(45-23-11-3-12-24-45)79-64(84-68)46-25-13-4-14-26-46/h1-42H. The third kappa shape index (κ3) is 10.6. The van der Waals surface area contributed by atoms with Crippen LogP contribution in [0.15, 0.2) is 255 Å². The minimum absolute atomic E-state index is 0.0298. The molecule has 10 nitrogen and oxygen atoms in total. The highest BCUT2D eigenvalue weighted by Crippen LogP contribution is 2.45. The highest BCUT2D eigenvalue weighted by Gasteiger charge is 2.39. The summed E-state index contributed by atoms with van der Waals surface area (Å²) >= 11 is 0. The van der Waals surface area contributed by atoms with Crippen LogP contribution >= 0.6 is 0 Å². The lowest BCUT2D eigenvalue weighted by atomic mass is 9.95. The third-order valence-corrected chi connectivity index (χ3v) is 14.8. The number of rotatable bonds is 11. The SMILES string of the molecule is FC(F)(F)c1ccc(-c2ccc(-c3nc(-c4ccccc4)nc(-c4ccccc4)n3)c(-n3c4ccc(-c5nc(-c6ccccc6)nc(-c6ccccc6)n5)cc4c4cc(-c5nc(-c6ccccc6)nc(-c6ccccc6)n5)ccc43)c2)c(C(F)(F)F)c1. The topological polar surface area (TPSA) is 121 Å². The summed E-state index contributed by atoms with van der Waals surface area (Å²) in [5, 5.41) is 1.31. The molecule has 0 bridgehead atoms. The van der Waals surface area contributed by atoms with Crippen molar-refractivity contribution in [3.05, 3.63) is 266 Å². The van der Waals surface area contributed by atoms with Gasteiger partial charge in [0.2, 0.25) is 0 Å². The molecule has 0 amide bonds. The van der Waals surface area contributed by atoms with Crippen LogP contribution in [0.4, 0.5) is 26.3 Å². The first-order valence-electron chi connectivity index (χ1n) is 27.5. The Morgan fingerprint density at radius 1 is 0.241 bits per heavy atom. The molecule has 418 valence electrons. The van der Waals surface area contributed by atoms with Gasteiger partial charge in [0, 0.05) is 60.8 Å². The molecule has 0 unspecified atom stereocenters. The highest BCUT2D eigenvalue weighted by atomic mass is 19.4. The molecule has 0 N–H and O–H groups in total. The molecule has 0 saturated carbocycles. The van der Waals surface area contributed by atoms with Crippen LogP contribution < -0.4 is 0 Å². The predicted octanol–water partition coefficient (Wildman–Crippen LogP) is 18.0. The molecule has 10 aromatic carbocycles. The number of benzene rings is 10. The van der Waals surface area contributed by atoms with Crippen LogP contribution in [0.2, 0.25) is 0 Å². The fraction of sp³-hybridized carbons (Fsp3) is 0.0282. The van der Waals surface area contributed by atoms with Crippen LogP contribution in [0.3, 0.4) is 0 Å². The van der Waals surface area contributed by atoms with Gasteiger partial charge in [0.15, 0.2) is 52.4 Å². The molecule has 0 aliphatic rings. The maximum atomic E-state index is 15.3. The smallest absolute Gasteiger partial charge is 0.308 e. The van der Waals surface area contributed by atoms with E-state index in [4.69, 9.17) is 44.9 Å². The fourth-order valence-electron chi connectivity index (χ4n) is 10.6. The summed E-state index contributed by atoms with van der Waals surface area (Å²) in [7, 11) is 0. The van der Waals surface area contributed by atoms with E-state index in [1.165, 1.54) is 12.1 Å². The Bertz CT molecular complexity index is 4520. The van der Waals surface area contributed by atoms with Gasteiger partial charge < -0.3 is 4.57 Å². The molecule has 87 heavy (non-hydrogen) atoms. The van der Waals surface area contributed by atoms with E-state index in [2.05, 4.69) is 0 Å². The van der Waals surface area contributed by atoms with Gasteiger partial charge in [0.1, 0.15) is 0 Å². The van der Waals surface area contributed by atoms with E-state index in [9.17, 15) is 13.2 Å². The van der Waals surface area contributed by atoms with E-state index in [0.717, 1.165) is 28.3 Å². The van der Waals surface area contributed by atoms with Crippen LogP contribution in [-0.2, 0) is 12.4 Å². The molecule has 4 heterocycles. The van der Waals surface area contributed by atoms with Crippen molar-refractivity contribution in [2.24, 2.45) is 0 Å². The zero-order valence-electron chi connectivity index (χ0n) is 45.5. The number of alkyl halides is 6. The quantitative estimate of drug-likeness (QED) is 0.117. The van der Waals surface area contributed by atoms with Crippen molar-refractivity contribution < 1.29 is 26.3 Å². The van der Waals surface area contributed by atoms with Gasteiger partial charge in [-0.25, -0.2) is 44.9 Å². The van der Waals surface area contributed by atoms with Crippen LogP contribution in [-0.4, -0.2) is 49.4 Å². The van der Waals surface area contributed by atoms with E-state index < -0.39 is 29.0 Å². The third-order valence-electron chi connectivity index (χ3n) is 14.8. The molecule has 0 spiro atoms. The normalized spacial score (nSPS) is 11.8. The minimum atomic E-state index is -5.19. The Balaban J connectivity index is 1.07. The number of nitrogens with zero attached hydrogens (tertiary/aromatic N) is 10. The molecule has 4 aromatic heterocycles. The first-order valence-corrected chi connectivity index (χ1v) is 27.5. The first kappa shape index (κ1) is 53.6. The molecular weight excluding hydrogens is 1110 g/mol. The summed E-state index contributed by atoms with van der Waals surface area (Å²) < 4.78 is 90.4. The van der Waals surface area contributed by atoms with Crippen molar-refractivity contribution in [3.8, 4) is 119 Å². The van der Waals surface area contributed by atoms with Crippen molar-refractivity contribution in [3.63, 3.8) is 0 Å². The molecule has 0 saturated heterocycles. The maximum Gasteiger partial charge on any atom is 0.417 e. The summed E-state index contributed by atoms with van der Waals surface area (Å²) in [6, 6.07) is 74.6. The molecule has 16 heteroatoms. The number of halogens is 6. The number of hydrogen-bond acceptors (Lipinski definition) is 9. The van der Waals surface area contributed by atoms with E-state index in [-0.39, 0.29) is 17.5 Å². The fourth-order valence-corrected chi connectivity index (χ4v) is 10.6. The summed E-state index contributed by atoms with van der Waals surface area (Å²) in [4.78, 5) is 45.2. The second-order valence-corrected chi connectivity index (χ2v) is 20.4. The Hall–Kier alpha value is -11.4. The Kier molecular flexibility index (Phi) is 13.5. The molecular formula is C71H42F6N10. The second-order valence-electron chi connectivity index (χ2n) is 20.4. The van der Waals surface area contributed by atoms with Gasteiger partial charge in [-0.2, -0.15) is 26.3 Å². The number of aromatic nitrogens is 10. The average Bonchev–Trinajstić information content (AvgIpc) is 1.71. The van der Waals surface area contributed by atoms with Crippen LogP contribution in [0.5, 0.6) is 0 Å². The molecule has 14 aromatic rings. The van der Waals surface area contributed by atoms with Gasteiger partial charge in [-0.05, 0) is 71.8 Å². The zero-order valence-corrected chi connectivity index (χ0v) is 45.5. The van der Waals surface area contributed by atoms with Crippen LogP contribution in [0, 0.1) is 0 Å². The Labute approximate surface area is 493 Å². The van der Waals surface area contributed by atoms with Crippen molar-refractivity contribution in [1.82, 2.24) is 49.4 Å². The molecule has 0 fully saturated rings. The largest absolute Gasteiger partial charge is 0.417 e. The van der Waals surface area contributed by atoms with E-state index in [0.29, 0.717) is 108 Å². The van der Waals surface area contributed by atoms with Gasteiger partial charge >= 0.3 is 12.4 Å². The summed E-state index contributed by atoms with van der Waals surface area (Å²) in [6.07, 6.45) is -10.2. The average molecular weight is 1150 g/mol. The van der Waals surface area contributed by atoms with Crippen molar-refractivity contribution >= 4 is 21.8 Å². The van der Waals surface area contributed by atoms with Crippen molar-refractivity contribution in [2.45, 2.75) is 12.4 Å². The van der Waals surface area contributed by atoms with Gasteiger partial charge in [0.25, 0.3) is 0 Å². The van der Waals surface area contributed by atoms with Gasteiger partial charge in [0.05, 0.1) is 27.8 Å². The summed E-state index contributed by atoms with van der Waals surface area (Å²) in [5.41, 5.74) is 3.99. The number of hydrogen-bond donors (Lipinski definition) is 0. The first-order chi connectivity index (χ1) is 42.4. The van der Waals surface area contributed by atoms with Crippen LogP contribution in [0.25, 0.3) is 141 Å². The van der Waals surface area contributed by atoms with E-state index in [1.54, 1.807) is 6.07 Å². The summed E-state index contributed by atoms with van der Waals surface area (Å²) in [6.45, 7) is 0. The highest BCUT2D eigenvalue weighted by molar-refractivity contribution is 6.12. The van der Waals surface area contributed by atoms with E-state index >= 15 is 13.2 Å². The molecule has 0 radical (unpaired) electrons. The van der Waals surface area contributed by atoms with E-state index in [1.807, 2.05) is 223 Å². The zero-order chi connectivity index (χ0) is 59.2. The molecule has 0 aliphatic carbocycles. The Morgan fingerprint density at radius 3 is 0.862 bits per heavy atom. The van der Waals surface area contributed by atoms with Gasteiger partial charge in [-0.3, -0.25) is 0 Å².